The Balaban J connectivity index is 1.86. The predicted octanol–water partition coefficient (Wildman–Crippen LogP) is 2.40. The number of thiazole rings is 1. The highest BCUT2D eigenvalue weighted by atomic mass is 32.1. The van der Waals surface area contributed by atoms with Crippen molar-refractivity contribution in [1.82, 2.24) is 14.6 Å². The molecule has 2 aromatic carbocycles. The minimum Gasteiger partial charge on any atom is -0.497 e. The quantitative estimate of drug-likeness (QED) is 0.469. The summed E-state index contributed by atoms with van der Waals surface area (Å²) in [5.41, 5.74) is 1.26. The highest BCUT2D eigenvalue weighted by Gasteiger charge is 2.16. The van der Waals surface area contributed by atoms with Crippen LogP contribution in [0.3, 0.4) is 0 Å². The number of ether oxygens (including phenoxy) is 4. The van der Waals surface area contributed by atoms with Crippen LogP contribution in [-0.4, -0.2) is 43.0 Å². The van der Waals surface area contributed by atoms with Crippen LogP contribution < -0.4 is 29.0 Å². The van der Waals surface area contributed by atoms with Gasteiger partial charge in [-0.25, -0.2) is 4.40 Å². The van der Waals surface area contributed by atoms with Crippen molar-refractivity contribution in [3.63, 3.8) is 0 Å². The van der Waals surface area contributed by atoms with Gasteiger partial charge in [-0.3, -0.25) is 4.79 Å². The van der Waals surface area contributed by atoms with Crippen LogP contribution in [0.1, 0.15) is 5.56 Å². The maximum absolute atomic E-state index is 13.1. The normalized spacial score (nSPS) is 11.7. The fourth-order valence-electron chi connectivity index (χ4n) is 3.10. The minimum atomic E-state index is -0.206. The number of aromatic nitrogens is 3. The number of rotatable bonds is 6. The van der Waals surface area contributed by atoms with Crippen LogP contribution in [0.15, 0.2) is 41.2 Å². The zero-order chi connectivity index (χ0) is 21.3. The first-order valence-corrected chi connectivity index (χ1v) is 9.75. The van der Waals surface area contributed by atoms with Gasteiger partial charge >= 0.3 is 0 Å². The first-order chi connectivity index (χ1) is 14.6. The lowest BCUT2D eigenvalue weighted by molar-refractivity contribution is 0.355. The number of hydrogen-bond acceptors (Lipinski definition) is 8. The van der Waals surface area contributed by atoms with E-state index >= 15 is 0 Å². The number of nitrogens with zero attached hydrogens (tertiary/aromatic N) is 3. The maximum Gasteiger partial charge on any atom is 0.276 e. The Hall–Kier alpha value is -3.59. The molecule has 2 heterocycles. The average molecular weight is 425 g/mol. The third kappa shape index (κ3) is 3.33. The Morgan fingerprint density at radius 2 is 1.63 bits per heavy atom. The van der Waals surface area contributed by atoms with Crippen LogP contribution in [0.25, 0.3) is 22.4 Å². The van der Waals surface area contributed by atoms with E-state index in [-0.39, 0.29) is 5.56 Å². The van der Waals surface area contributed by atoms with Gasteiger partial charge in [-0.05, 0) is 36.4 Å². The van der Waals surface area contributed by atoms with Crippen molar-refractivity contribution in [3.8, 4) is 34.4 Å². The Labute approximate surface area is 175 Å². The van der Waals surface area contributed by atoms with Gasteiger partial charge in [0.05, 0.1) is 33.0 Å². The van der Waals surface area contributed by atoms with Crippen LogP contribution in [0.2, 0.25) is 0 Å². The molecule has 0 aliphatic rings. The summed E-state index contributed by atoms with van der Waals surface area (Å²) in [6.45, 7) is 0. The van der Waals surface area contributed by atoms with E-state index in [0.29, 0.717) is 43.9 Å². The summed E-state index contributed by atoms with van der Waals surface area (Å²) in [6, 6.07) is 10.8. The van der Waals surface area contributed by atoms with Crippen molar-refractivity contribution in [2.45, 2.75) is 0 Å². The van der Waals surface area contributed by atoms with Crippen LogP contribution >= 0.6 is 11.3 Å². The van der Waals surface area contributed by atoms with Gasteiger partial charge in [0.25, 0.3) is 5.56 Å². The third-order valence-electron chi connectivity index (χ3n) is 4.62. The Morgan fingerprint density at radius 3 is 2.33 bits per heavy atom. The van der Waals surface area contributed by atoms with Gasteiger partial charge in [0, 0.05) is 17.2 Å². The number of methoxy groups -OCH3 is 4. The van der Waals surface area contributed by atoms with Crippen molar-refractivity contribution in [3.05, 3.63) is 56.8 Å². The molecule has 4 rings (SSSR count). The van der Waals surface area contributed by atoms with Gasteiger partial charge in [-0.1, -0.05) is 11.3 Å². The Morgan fingerprint density at radius 1 is 0.867 bits per heavy atom. The molecule has 0 atom stereocenters. The third-order valence-corrected chi connectivity index (χ3v) is 5.58. The van der Waals surface area contributed by atoms with Gasteiger partial charge in [0.2, 0.25) is 4.96 Å². The van der Waals surface area contributed by atoms with Gasteiger partial charge in [-0.15, -0.1) is 10.2 Å². The molecule has 0 saturated heterocycles. The smallest absolute Gasteiger partial charge is 0.276 e. The zero-order valence-corrected chi connectivity index (χ0v) is 17.6. The molecule has 8 nitrogen and oxygen atoms in total. The second kappa shape index (κ2) is 8.03. The molecule has 154 valence electrons. The van der Waals surface area contributed by atoms with E-state index in [9.17, 15) is 4.79 Å². The lowest BCUT2D eigenvalue weighted by Gasteiger charge is -2.08. The second-order valence-electron chi connectivity index (χ2n) is 6.24. The molecule has 0 amide bonds. The summed E-state index contributed by atoms with van der Waals surface area (Å²) >= 11 is 1.26. The number of benzene rings is 2. The molecule has 4 aromatic rings. The molecule has 0 N–H and O–H groups in total. The lowest BCUT2D eigenvalue weighted by Crippen LogP contribution is -2.23. The summed E-state index contributed by atoms with van der Waals surface area (Å²) < 4.78 is 23.3. The Kier molecular flexibility index (Phi) is 5.28. The molecule has 0 fully saturated rings. The van der Waals surface area contributed by atoms with E-state index in [4.69, 9.17) is 18.9 Å². The van der Waals surface area contributed by atoms with Crippen LogP contribution in [0.4, 0.5) is 0 Å². The molecular formula is C21H19N3O5S. The van der Waals surface area contributed by atoms with E-state index in [1.807, 2.05) is 18.2 Å². The van der Waals surface area contributed by atoms with Gasteiger partial charge in [-0.2, -0.15) is 0 Å². The van der Waals surface area contributed by atoms with Gasteiger partial charge in [0.15, 0.2) is 17.3 Å². The molecule has 0 unspecified atom stereocenters. The first kappa shape index (κ1) is 19.7. The SMILES string of the molecule is COc1ccc(C=c2sc3nnc(-c4ccc(OC)c(OC)c4)n3c2=O)c(OC)c1. The number of hydrogen-bond donors (Lipinski definition) is 0. The highest BCUT2D eigenvalue weighted by molar-refractivity contribution is 7.15. The molecular weight excluding hydrogens is 406 g/mol. The molecule has 30 heavy (non-hydrogen) atoms. The number of fused-ring (bicyclic) bond motifs is 1. The topological polar surface area (TPSA) is 84.2 Å². The van der Waals surface area contributed by atoms with Crippen molar-refractivity contribution in [1.29, 1.82) is 0 Å². The lowest BCUT2D eigenvalue weighted by atomic mass is 10.2. The van der Waals surface area contributed by atoms with Crippen molar-refractivity contribution in [2.24, 2.45) is 0 Å². The summed E-state index contributed by atoms with van der Waals surface area (Å²) in [6.07, 6.45) is 1.78. The maximum atomic E-state index is 13.1. The van der Waals surface area contributed by atoms with Gasteiger partial charge in [0.1, 0.15) is 11.5 Å². The second-order valence-corrected chi connectivity index (χ2v) is 7.24. The van der Waals surface area contributed by atoms with Crippen molar-refractivity contribution in [2.75, 3.05) is 28.4 Å². The highest BCUT2D eigenvalue weighted by Crippen LogP contribution is 2.31. The van der Waals surface area contributed by atoms with E-state index in [0.717, 1.165) is 5.56 Å². The van der Waals surface area contributed by atoms with Crippen molar-refractivity contribution >= 4 is 22.4 Å². The molecule has 0 spiro atoms. The largest absolute Gasteiger partial charge is 0.497 e. The monoisotopic (exact) mass is 425 g/mol. The first-order valence-electron chi connectivity index (χ1n) is 8.93. The molecule has 9 heteroatoms. The summed E-state index contributed by atoms with van der Waals surface area (Å²) in [7, 11) is 6.28. The molecule has 0 saturated carbocycles. The van der Waals surface area contributed by atoms with E-state index in [1.54, 1.807) is 52.7 Å². The molecule has 2 aromatic heterocycles. The fourth-order valence-corrected chi connectivity index (χ4v) is 4.01. The molecule has 0 aliphatic carbocycles. The standard InChI is InChI=1S/C21H19N3O5S/c1-26-14-7-5-12(16(11-14)28-3)10-18-20(25)24-19(22-23-21(24)30-18)13-6-8-15(27-2)17(9-13)29-4/h5-11H,1-4H3. The minimum absolute atomic E-state index is 0.206. The summed E-state index contributed by atoms with van der Waals surface area (Å²) in [5, 5.41) is 8.37. The predicted molar refractivity (Wildman–Crippen MR) is 114 cm³/mol. The van der Waals surface area contributed by atoms with E-state index in [2.05, 4.69) is 10.2 Å². The Bertz CT molecular complexity index is 1330. The fraction of sp³-hybridized carbons (Fsp3) is 0.190. The van der Waals surface area contributed by atoms with Crippen LogP contribution in [0.5, 0.6) is 23.0 Å². The average Bonchev–Trinajstić information content (AvgIpc) is 3.33. The summed E-state index contributed by atoms with van der Waals surface area (Å²) in [5.74, 6) is 2.86. The molecule has 0 bridgehead atoms. The molecule has 0 aliphatic heterocycles. The summed E-state index contributed by atoms with van der Waals surface area (Å²) in [4.78, 5) is 13.6. The van der Waals surface area contributed by atoms with Crippen LogP contribution in [0, 0.1) is 0 Å². The van der Waals surface area contributed by atoms with E-state index < -0.39 is 0 Å². The van der Waals surface area contributed by atoms with Crippen LogP contribution in [-0.2, 0) is 0 Å². The van der Waals surface area contributed by atoms with Gasteiger partial charge < -0.3 is 18.9 Å². The van der Waals surface area contributed by atoms with Crippen molar-refractivity contribution < 1.29 is 18.9 Å². The van der Waals surface area contributed by atoms with E-state index in [1.165, 1.54) is 15.7 Å². The molecule has 0 radical (unpaired) electrons. The zero-order valence-electron chi connectivity index (χ0n) is 16.8.